The second-order valence-electron chi connectivity index (χ2n) is 5.50. The van der Waals surface area contributed by atoms with Crippen molar-refractivity contribution in [2.24, 2.45) is 0 Å². The Kier molecular flexibility index (Phi) is 6.47. The van der Waals surface area contributed by atoms with E-state index in [1.807, 2.05) is 0 Å². The van der Waals surface area contributed by atoms with Crippen LogP contribution < -0.4 is 4.90 Å². The van der Waals surface area contributed by atoms with Gasteiger partial charge in [-0.25, -0.2) is 9.78 Å². The van der Waals surface area contributed by atoms with Crippen molar-refractivity contribution in [3.8, 4) is 0 Å². The zero-order valence-corrected chi connectivity index (χ0v) is 14.7. The topological polar surface area (TPSA) is 62.7 Å². The SMILES string of the molecule is C/C=C/C(=O)OCC(=O)N1CCN(c2ncc(C(F)(F)F)cc2Cl)CC1. The molecule has 0 saturated carbocycles. The minimum Gasteiger partial charge on any atom is -0.452 e. The van der Waals surface area contributed by atoms with Crippen molar-refractivity contribution in [2.75, 3.05) is 37.7 Å². The number of amides is 1. The summed E-state index contributed by atoms with van der Waals surface area (Å²) < 4.78 is 42.8. The zero-order valence-electron chi connectivity index (χ0n) is 13.9. The molecule has 1 aliphatic rings. The predicted molar refractivity (Wildman–Crippen MR) is 88.8 cm³/mol. The fourth-order valence-electron chi connectivity index (χ4n) is 2.39. The average Bonchev–Trinajstić information content (AvgIpc) is 2.59. The summed E-state index contributed by atoms with van der Waals surface area (Å²) in [6.45, 7) is 2.64. The highest BCUT2D eigenvalue weighted by atomic mass is 35.5. The molecular formula is C16H17ClF3N3O3. The van der Waals surface area contributed by atoms with E-state index in [-0.39, 0.29) is 23.4 Å². The van der Waals surface area contributed by atoms with E-state index >= 15 is 0 Å². The van der Waals surface area contributed by atoms with Crippen LogP contribution in [0, 0.1) is 0 Å². The first kappa shape index (κ1) is 20.0. The number of esters is 1. The first-order valence-electron chi connectivity index (χ1n) is 7.77. The van der Waals surface area contributed by atoms with Crippen molar-refractivity contribution >= 4 is 29.3 Å². The molecule has 0 N–H and O–H groups in total. The van der Waals surface area contributed by atoms with Gasteiger partial charge in [-0.3, -0.25) is 4.79 Å². The van der Waals surface area contributed by atoms with Crippen LogP contribution in [0.15, 0.2) is 24.4 Å². The maximum absolute atomic E-state index is 12.7. The molecule has 10 heteroatoms. The molecule has 1 fully saturated rings. The van der Waals surface area contributed by atoms with Gasteiger partial charge >= 0.3 is 12.1 Å². The molecule has 2 rings (SSSR count). The lowest BCUT2D eigenvalue weighted by Gasteiger charge is -2.35. The molecule has 0 aliphatic carbocycles. The van der Waals surface area contributed by atoms with Gasteiger partial charge in [0.05, 0.1) is 10.6 Å². The zero-order chi connectivity index (χ0) is 19.3. The first-order chi connectivity index (χ1) is 12.2. The van der Waals surface area contributed by atoms with Crippen LogP contribution in [0.1, 0.15) is 12.5 Å². The van der Waals surface area contributed by atoms with Gasteiger partial charge in [0, 0.05) is 38.5 Å². The first-order valence-corrected chi connectivity index (χ1v) is 8.15. The van der Waals surface area contributed by atoms with E-state index in [0.717, 1.165) is 12.3 Å². The quantitative estimate of drug-likeness (QED) is 0.583. The van der Waals surface area contributed by atoms with Gasteiger partial charge in [-0.15, -0.1) is 0 Å². The lowest BCUT2D eigenvalue weighted by Crippen LogP contribution is -2.50. The smallest absolute Gasteiger partial charge is 0.417 e. The van der Waals surface area contributed by atoms with Crippen LogP contribution in [0.3, 0.4) is 0 Å². The summed E-state index contributed by atoms with van der Waals surface area (Å²) in [6.07, 6.45) is -1.06. The molecule has 26 heavy (non-hydrogen) atoms. The van der Waals surface area contributed by atoms with Crippen LogP contribution in [0.4, 0.5) is 19.0 Å². The molecular weight excluding hydrogens is 375 g/mol. The number of anilines is 1. The molecule has 1 aromatic heterocycles. The second-order valence-corrected chi connectivity index (χ2v) is 5.91. The lowest BCUT2D eigenvalue weighted by atomic mass is 10.2. The lowest BCUT2D eigenvalue weighted by molar-refractivity contribution is -0.148. The van der Waals surface area contributed by atoms with Crippen LogP contribution in [0.2, 0.25) is 5.02 Å². The number of carbonyl (C=O) groups is 2. The largest absolute Gasteiger partial charge is 0.452 e. The summed E-state index contributed by atoms with van der Waals surface area (Å²) in [7, 11) is 0. The summed E-state index contributed by atoms with van der Waals surface area (Å²) >= 11 is 5.93. The fourth-order valence-corrected chi connectivity index (χ4v) is 2.68. The second kappa shape index (κ2) is 8.39. The number of allylic oxidation sites excluding steroid dienone is 1. The van der Waals surface area contributed by atoms with Gasteiger partial charge in [-0.1, -0.05) is 17.7 Å². The number of carbonyl (C=O) groups excluding carboxylic acids is 2. The van der Waals surface area contributed by atoms with Crippen molar-refractivity contribution in [1.29, 1.82) is 0 Å². The maximum Gasteiger partial charge on any atom is 0.417 e. The number of hydrogen-bond donors (Lipinski definition) is 0. The summed E-state index contributed by atoms with van der Waals surface area (Å²) in [5.74, 6) is -0.694. The average molecular weight is 392 g/mol. The van der Waals surface area contributed by atoms with Crippen molar-refractivity contribution < 1.29 is 27.5 Å². The number of aromatic nitrogens is 1. The molecule has 1 saturated heterocycles. The van der Waals surface area contributed by atoms with Crippen LogP contribution >= 0.6 is 11.6 Å². The number of hydrogen-bond acceptors (Lipinski definition) is 5. The van der Waals surface area contributed by atoms with Gasteiger partial charge in [-0.2, -0.15) is 13.2 Å². The molecule has 0 radical (unpaired) electrons. The Hall–Kier alpha value is -2.29. The van der Waals surface area contributed by atoms with Gasteiger partial charge in [0.2, 0.25) is 0 Å². The number of nitrogens with zero attached hydrogens (tertiary/aromatic N) is 3. The molecule has 1 aliphatic heterocycles. The third-order valence-corrected chi connectivity index (χ3v) is 4.00. The van der Waals surface area contributed by atoms with Crippen molar-refractivity contribution in [3.05, 3.63) is 35.0 Å². The highest BCUT2D eigenvalue weighted by molar-refractivity contribution is 6.33. The molecule has 0 bridgehead atoms. The molecule has 0 aromatic carbocycles. The van der Waals surface area contributed by atoms with Gasteiger partial charge in [-0.05, 0) is 13.0 Å². The van der Waals surface area contributed by atoms with Gasteiger partial charge in [0.1, 0.15) is 5.82 Å². The summed E-state index contributed by atoms with van der Waals surface area (Å²) in [6, 6.07) is 0.835. The monoisotopic (exact) mass is 391 g/mol. The number of pyridine rings is 1. The Labute approximate surface area is 153 Å². The van der Waals surface area contributed by atoms with E-state index in [0.29, 0.717) is 26.2 Å². The molecule has 6 nitrogen and oxygen atoms in total. The number of rotatable bonds is 4. The fraction of sp³-hybridized carbons (Fsp3) is 0.438. The third-order valence-electron chi connectivity index (χ3n) is 3.72. The Bertz CT molecular complexity index is 702. The molecule has 1 aromatic rings. The van der Waals surface area contributed by atoms with Crippen LogP contribution in [-0.2, 0) is 20.5 Å². The predicted octanol–water partition coefficient (Wildman–Crippen LogP) is 2.52. The summed E-state index contributed by atoms with van der Waals surface area (Å²) in [5.41, 5.74) is -0.914. The van der Waals surface area contributed by atoms with Crippen molar-refractivity contribution in [2.45, 2.75) is 13.1 Å². The van der Waals surface area contributed by atoms with Crippen molar-refractivity contribution in [3.63, 3.8) is 0 Å². The normalized spacial score (nSPS) is 15.4. The number of ether oxygens (including phenoxy) is 1. The summed E-state index contributed by atoms with van der Waals surface area (Å²) in [5, 5.41) is -0.0973. The van der Waals surface area contributed by atoms with Gasteiger partial charge in [0.25, 0.3) is 5.91 Å². The van der Waals surface area contributed by atoms with E-state index in [1.54, 1.807) is 11.8 Å². The van der Waals surface area contributed by atoms with Crippen molar-refractivity contribution in [1.82, 2.24) is 9.88 Å². The van der Waals surface area contributed by atoms with Crippen LogP contribution in [-0.4, -0.2) is 54.5 Å². The van der Waals surface area contributed by atoms with Gasteiger partial charge in [0.15, 0.2) is 6.61 Å². The Morgan fingerprint density at radius 1 is 1.31 bits per heavy atom. The Balaban J connectivity index is 1.92. The van der Waals surface area contributed by atoms with Gasteiger partial charge < -0.3 is 14.5 Å². The molecule has 142 valence electrons. The number of alkyl halides is 3. The molecule has 0 atom stereocenters. The molecule has 1 amide bonds. The maximum atomic E-state index is 12.7. The molecule has 0 unspecified atom stereocenters. The van der Waals surface area contributed by atoms with Crippen LogP contribution in [0.5, 0.6) is 0 Å². The van der Waals surface area contributed by atoms with E-state index in [4.69, 9.17) is 16.3 Å². The highest BCUT2D eigenvalue weighted by Gasteiger charge is 2.32. The Morgan fingerprint density at radius 2 is 1.96 bits per heavy atom. The minimum absolute atomic E-state index is 0.0973. The van der Waals surface area contributed by atoms with Crippen LogP contribution in [0.25, 0.3) is 0 Å². The van der Waals surface area contributed by atoms with E-state index in [9.17, 15) is 22.8 Å². The Morgan fingerprint density at radius 3 is 2.50 bits per heavy atom. The highest BCUT2D eigenvalue weighted by Crippen LogP contribution is 2.33. The number of piperazine rings is 1. The number of halogens is 4. The van der Waals surface area contributed by atoms with E-state index < -0.39 is 17.7 Å². The molecule has 0 spiro atoms. The minimum atomic E-state index is -4.51. The third kappa shape index (κ3) is 5.10. The standard InChI is InChI=1S/C16H17ClF3N3O3/c1-2-3-14(25)26-10-13(24)22-4-6-23(7-5-22)15-12(17)8-11(9-21-15)16(18,19)20/h2-3,8-9H,4-7,10H2,1H3/b3-2+. The molecule has 2 heterocycles. The van der Waals surface area contributed by atoms with E-state index in [2.05, 4.69) is 4.98 Å². The summed E-state index contributed by atoms with van der Waals surface area (Å²) in [4.78, 5) is 30.3. The van der Waals surface area contributed by atoms with E-state index in [1.165, 1.54) is 17.1 Å².